The molecule has 1 aliphatic carbocycles. The van der Waals surface area contributed by atoms with Gasteiger partial charge in [0.15, 0.2) is 11.6 Å². The quantitative estimate of drug-likeness (QED) is 0.784. The van der Waals surface area contributed by atoms with E-state index in [4.69, 9.17) is 11.6 Å². The molecule has 0 aliphatic heterocycles. The monoisotopic (exact) mass is 287 g/mol. The van der Waals surface area contributed by atoms with Gasteiger partial charge in [0.2, 0.25) is 0 Å². The van der Waals surface area contributed by atoms with E-state index in [1.165, 1.54) is 25.3 Å². The predicted molar refractivity (Wildman–Crippen MR) is 74.4 cm³/mol. The number of hydrogen-bond donors (Lipinski definition) is 1. The minimum absolute atomic E-state index is 0.0426. The first kappa shape index (κ1) is 14.7. The minimum atomic E-state index is -0.891. The highest BCUT2D eigenvalue weighted by molar-refractivity contribution is 6.31. The summed E-state index contributed by atoms with van der Waals surface area (Å²) in [7, 11) is 1.85. The Morgan fingerprint density at radius 2 is 1.74 bits per heavy atom. The third kappa shape index (κ3) is 2.92. The number of rotatable bonds is 3. The lowest BCUT2D eigenvalue weighted by atomic mass is 9.68. The minimum Gasteiger partial charge on any atom is -0.312 e. The van der Waals surface area contributed by atoms with E-state index in [1.54, 1.807) is 0 Å². The molecule has 0 amide bonds. The maximum Gasteiger partial charge on any atom is 0.160 e. The van der Waals surface area contributed by atoms with Gasteiger partial charge in [0.25, 0.3) is 0 Å². The van der Waals surface area contributed by atoms with Crippen molar-refractivity contribution in [1.82, 2.24) is 5.32 Å². The second-order valence-electron chi connectivity index (χ2n) is 5.72. The molecule has 0 bridgehead atoms. The van der Waals surface area contributed by atoms with Crippen LogP contribution in [0.25, 0.3) is 0 Å². The third-order valence-electron chi connectivity index (χ3n) is 4.33. The second kappa shape index (κ2) is 5.76. The highest BCUT2D eigenvalue weighted by Gasteiger charge is 2.36. The summed E-state index contributed by atoms with van der Waals surface area (Å²) in [6.45, 7) is 2.20. The van der Waals surface area contributed by atoms with Crippen LogP contribution >= 0.6 is 11.6 Å². The van der Waals surface area contributed by atoms with Crippen LogP contribution in [-0.4, -0.2) is 7.05 Å². The topological polar surface area (TPSA) is 12.0 Å². The average Bonchev–Trinajstić information content (AvgIpc) is 2.37. The molecule has 0 heterocycles. The molecular formula is C15H20ClF2N. The predicted octanol–water partition coefficient (Wildman–Crippen LogP) is 4.85. The lowest BCUT2D eigenvalue weighted by Crippen LogP contribution is -2.36. The summed E-state index contributed by atoms with van der Waals surface area (Å²) < 4.78 is 26.7. The Hall–Kier alpha value is -0.670. The Kier molecular flexibility index (Phi) is 4.46. The van der Waals surface area contributed by atoms with Gasteiger partial charge in [-0.1, -0.05) is 37.8 Å². The molecule has 1 atom stereocenters. The van der Waals surface area contributed by atoms with Crippen LogP contribution in [0, 0.1) is 17.0 Å². The fraction of sp³-hybridized carbons (Fsp3) is 0.600. The normalized spacial score (nSPS) is 20.3. The molecule has 1 fully saturated rings. The van der Waals surface area contributed by atoms with E-state index in [0.717, 1.165) is 18.9 Å². The van der Waals surface area contributed by atoms with Crippen molar-refractivity contribution < 1.29 is 8.78 Å². The highest BCUT2D eigenvalue weighted by Crippen LogP contribution is 2.47. The fourth-order valence-corrected chi connectivity index (χ4v) is 3.55. The van der Waals surface area contributed by atoms with Gasteiger partial charge in [0, 0.05) is 11.1 Å². The van der Waals surface area contributed by atoms with Crippen molar-refractivity contribution in [2.24, 2.45) is 5.41 Å². The third-order valence-corrected chi connectivity index (χ3v) is 4.66. The van der Waals surface area contributed by atoms with Gasteiger partial charge in [0.05, 0.1) is 0 Å². The van der Waals surface area contributed by atoms with Crippen LogP contribution in [0.2, 0.25) is 5.02 Å². The highest BCUT2D eigenvalue weighted by atomic mass is 35.5. The molecule has 0 radical (unpaired) electrons. The molecule has 0 aromatic heterocycles. The van der Waals surface area contributed by atoms with Gasteiger partial charge in [0.1, 0.15) is 0 Å². The SMILES string of the molecule is CNC(c1cc(F)c(F)cc1Cl)C1(C)CCCCC1. The van der Waals surface area contributed by atoms with E-state index >= 15 is 0 Å². The average molecular weight is 288 g/mol. The van der Waals surface area contributed by atoms with Gasteiger partial charge < -0.3 is 5.32 Å². The Bertz CT molecular complexity index is 456. The standard InChI is InChI=1S/C15H20ClF2N/c1-15(6-4-3-5-7-15)14(19-2)10-8-12(17)13(18)9-11(10)16/h8-9,14,19H,3-7H2,1-2H3. The Balaban J connectivity index is 2.39. The maximum atomic E-state index is 13.5. The zero-order valence-corrected chi connectivity index (χ0v) is 12.2. The van der Waals surface area contributed by atoms with Crippen LogP contribution in [0.15, 0.2) is 12.1 Å². The van der Waals surface area contributed by atoms with Crippen molar-refractivity contribution >= 4 is 11.6 Å². The molecule has 1 unspecified atom stereocenters. The van der Waals surface area contributed by atoms with Gasteiger partial charge in [-0.2, -0.15) is 0 Å². The molecule has 0 saturated heterocycles. The summed E-state index contributed by atoms with van der Waals surface area (Å²) in [5, 5.41) is 3.54. The summed E-state index contributed by atoms with van der Waals surface area (Å²) in [4.78, 5) is 0. The molecule has 1 aromatic rings. The van der Waals surface area contributed by atoms with Crippen LogP contribution in [0.4, 0.5) is 8.78 Å². The summed E-state index contributed by atoms with van der Waals surface area (Å²) in [6.07, 6.45) is 5.76. The Morgan fingerprint density at radius 3 is 2.32 bits per heavy atom. The van der Waals surface area contributed by atoms with Crippen molar-refractivity contribution in [2.45, 2.75) is 45.1 Å². The van der Waals surface area contributed by atoms with Crippen molar-refractivity contribution in [3.8, 4) is 0 Å². The van der Waals surface area contributed by atoms with Crippen molar-refractivity contribution in [3.05, 3.63) is 34.4 Å². The number of hydrogen-bond acceptors (Lipinski definition) is 1. The number of nitrogens with one attached hydrogen (secondary N) is 1. The summed E-state index contributed by atoms with van der Waals surface area (Å²) in [6, 6.07) is 2.26. The molecule has 1 saturated carbocycles. The van der Waals surface area contributed by atoms with Crippen LogP contribution < -0.4 is 5.32 Å². The van der Waals surface area contributed by atoms with Gasteiger partial charge in [-0.3, -0.25) is 0 Å². The van der Waals surface area contributed by atoms with E-state index < -0.39 is 11.6 Å². The number of benzene rings is 1. The lowest BCUT2D eigenvalue weighted by molar-refractivity contribution is 0.150. The molecule has 1 nitrogen and oxygen atoms in total. The van der Waals surface area contributed by atoms with Crippen molar-refractivity contribution in [2.75, 3.05) is 7.05 Å². The second-order valence-corrected chi connectivity index (χ2v) is 6.13. The summed E-state index contributed by atoms with van der Waals surface area (Å²) in [5.41, 5.74) is 0.702. The molecule has 4 heteroatoms. The van der Waals surface area contributed by atoms with Gasteiger partial charge >= 0.3 is 0 Å². The van der Waals surface area contributed by atoms with E-state index in [2.05, 4.69) is 12.2 Å². The molecular weight excluding hydrogens is 268 g/mol. The van der Waals surface area contributed by atoms with Crippen LogP contribution in [0.5, 0.6) is 0 Å². The zero-order valence-electron chi connectivity index (χ0n) is 11.4. The van der Waals surface area contributed by atoms with Crippen molar-refractivity contribution in [1.29, 1.82) is 0 Å². The van der Waals surface area contributed by atoms with E-state index in [9.17, 15) is 8.78 Å². The van der Waals surface area contributed by atoms with Gasteiger partial charge in [-0.25, -0.2) is 8.78 Å². The summed E-state index contributed by atoms with van der Waals surface area (Å²) >= 11 is 6.11. The van der Waals surface area contributed by atoms with E-state index in [1.807, 2.05) is 7.05 Å². The first-order chi connectivity index (χ1) is 8.98. The van der Waals surface area contributed by atoms with E-state index in [0.29, 0.717) is 10.6 Å². The molecule has 106 valence electrons. The maximum absolute atomic E-state index is 13.5. The molecule has 19 heavy (non-hydrogen) atoms. The molecule has 0 spiro atoms. The summed E-state index contributed by atoms with van der Waals surface area (Å²) in [5.74, 6) is -1.73. The first-order valence-corrected chi connectivity index (χ1v) is 7.17. The van der Waals surface area contributed by atoms with Crippen LogP contribution in [0.3, 0.4) is 0 Å². The lowest BCUT2D eigenvalue weighted by Gasteiger charge is -2.41. The molecule has 1 aliphatic rings. The Morgan fingerprint density at radius 1 is 1.16 bits per heavy atom. The Labute approximate surface area is 118 Å². The van der Waals surface area contributed by atoms with Gasteiger partial charge in [-0.15, -0.1) is 0 Å². The van der Waals surface area contributed by atoms with Crippen molar-refractivity contribution in [3.63, 3.8) is 0 Å². The van der Waals surface area contributed by atoms with E-state index in [-0.39, 0.29) is 11.5 Å². The van der Waals surface area contributed by atoms with Crippen LogP contribution in [-0.2, 0) is 0 Å². The largest absolute Gasteiger partial charge is 0.312 e. The van der Waals surface area contributed by atoms with Crippen LogP contribution in [0.1, 0.15) is 50.6 Å². The molecule has 1 aromatic carbocycles. The fourth-order valence-electron chi connectivity index (χ4n) is 3.29. The molecule has 2 rings (SSSR count). The number of halogens is 3. The molecule has 1 N–H and O–H groups in total. The first-order valence-electron chi connectivity index (χ1n) is 6.79. The zero-order chi connectivity index (χ0) is 14.0. The smallest absolute Gasteiger partial charge is 0.160 e. The van der Waals surface area contributed by atoms with Gasteiger partial charge in [-0.05, 0) is 43.0 Å².